The highest BCUT2D eigenvalue weighted by Gasteiger charge is 2.42. The molecule has 4 heteroatoms. The molecule has 1 unspecified atom stereocenters. The van der Waals surface area contributed by atoms with E-state index in [1.54, 1.807) is 0 Å². The Morgan fingerprint density at radius 1 is 1.16 bits per heavy atom. The van der Waals surface area contributed by atoms with Gasteiger partial charge in [-0.3, -0.25) is 4.79 Å². The second-order valence-corrected chi connectivity index (χ2v) is 6.62. The molecule has 0 spiro atoms. The fourth-order valence-corrected chi connectivity index (χ4v) is 3.17. The molecule has 1 amide bonds. The largest absolute Gasteiger partial charge is 0.480 e. The maximum absolute atomic E-state index is 12.5. The fourth-order valence-electron chi connectivity index (χ4n) is 3.17. The molecule has 2 N–H and O–H groups in total. The summed E-state index contributed by atoms with van der Waals surface area (Å²) < 4.78 is 0. The van der Waals surface area contributed by atoms with E-state index in [1.807, 2.05) is 13.8 Å². The number of hydrogen-bond acceptors (Lipinski definition) is 2. The third-order valence-electron chi connectivity index (χ3n) is 4.06. The van der Waals surface area contributed by atoms with Crippen molar-refractivity contribution in [3.8, 4) is 0 Å². The topological polar surface area (TPSA) is 66.4 Å². The second kappa shape index (κ2) is 6.40. The van der Waals surface area contributed by atoms with E-state index in [1.165, 1.54) is 0 Å². The van der Waals surface area contributed by atoms with Crippen LogP contribution in [0.3, 0.4) is 0 Å². The summed E-state index contributed by atoms with van der Waals surface area (Å²) in [4.78, 5) is 23.8. The van der Waals surface area contributed by atoms with Crippen LogP contribution in [0.2, 0.25) is 0 Å². The van der Waals surface area contributed by atoms with Gasteiger partial charge >= 0.3 is 5.97 Å². The zero-order chi connectivity index (χ0) is 14.6. The second-order valence-electron chi connectivity index (χ2n) is 6.62. The van der Waals surface area contributed by atoms with Crippen molar-refractivity contribution in [3.05, 3.63) is 0 Å². The van der Waals surface area contributed by atoms with Crippen molar-refractivity contribution in [1.82, 2.24) is 5.32 Å². The molecule has 1 atom stereocenters. The van der Waals surface area contributed by atoms with Crippen LogP contribution in [0, 0.1) is 17.3 Å². The first-order valence-corrected chi connectivity index (χ1v) is 7.32. The van der Waals surface area contributed by atoms with Crippen molar-refractivity contribution in [2.75, 3.05) is 0 Å². The van der Waals surface area contributed by atoms with Crippen LogP contribution in [0.25, 0.3) is 0 Å². The zero-order valence-electron chi connectivity index (χ0n) is 12.5. The summed E-state index contributed by atoms with van der Waals surface area (Å²) in [6, 6.07) is -0.780. The van der Waals surface area contributed by atoms with Crippen molar-refractivity contribution < 1.29 is 14.7 Å². The predicted molar refractivity (Wildman–Crippen MR) is 74.8 cm³/mol. The van der Waals surface area contributed by atoms with Gasteiger partial charge in [-0.15, -0.1) is 0 Å². The van der Waals surface area contributed by atoms with Gasteiger partial charge in [0.05, 0.1) is 0 Å². The lowest BCUT2D eigenvalue weighted by Crippen LogP contribution is -2.50. The lowest BCUT2D eigenvalue weighted by molar-refractivity contribution is -0.145. The molecule has 1 rings (SSSR count). The molecule has 110 valence electrons. The van der Waals surface area contributed by atoms with E-state index in [-0.39, 0.29) is 17.2 Å². The molecule has 0 aromatic heterocycles. The number of rotatable bonds is 6. The highest BCUT2D eigenvalue weighted by molar-refractivity contribution is 5.87. The SMILES string of the molecule is CC(C)CC1(C(=O)NC(C(=O)O)C(C)C)CCCC1. The van der Waals surface area contributed by atoms with Crippen molar-refractivity contribution in [3.63, 3.8) is 0 Å². The molecular weight excluding hydrogens is 242 g/mol. The standard InChI is InChI=1S/C15H27NO3/c1-10(2)9-15(7-5-6-8-15)14(19)16-12(11(3)4)13(17)18/h10-12H,5-9H2,1-4H3,(H,16,19)(H,17,18). The molecule has 4 nitrogen and oxygen atoms in total. The van der Waals surface area contributed by atoms with Crippen molar-refractivity contribution in [1.29, 1.82) is 0 Å². The van der Waals surface area contributed by atoms with E-state index in [0.29, 0.717) is 5.92 Å². The van der Waals surface area contributed by atoms with Gasteiger partial charge in [-0.1, -0.05) is 40.5 Å². The Bertz CT molecular complexity index is 330. The number of hydrogen-bond donors (Lipinski definition) is 2. The van der Waals surface area contributed by atoms with Crippen molar-refractivity contribution in [2.45, 2.75) is 65.8 Å². The van der Waals surface area contributed by atoms with Crippen LogP contribution in [0.1, 0.15) is 59.8 Å². The normalized spacial score (nSPS) is 19.7. The van der Waals surface area contributed by atoms with Crippen LogP contribution in [0.5, 0.6) is 0 Å². The molecular formula is C15H27NO3. The first kappa shape index (κ1) is 16.0. The summed E-state index contributed by atoms with van der Waals surface area (Å²) in [6.45, 7) is 7.88. The molecule has 0 aromatic rings. The van der Waals surface area contributed by atoms with Gasteiger partial charge in [-0.2, -0.15) is 0 Å². The highest BCUT2D eigenvalue weighted by Crippen LogP contribution is 2.43. The summed E-state index contributed by atoms with van der Waals surface area (Å²) in [5.41, 5.74) is -0.337. The van der Waals surface area contributed by atoms with Gasteiger partial charge in [0.1, 0.15) is 6.04 Å². The van der Waals surface area contributed by atoms with Crippen LogP contribution < -0.4 is 5.32 Å². The number of carbonyl (C=O) groups is 2. The monoisotopic (exact) mass is 269 g/mol. The molecule has 0 bridgehead atoms. The quantitative estimate of drug-likeness (QED) is 0.779. The minimum Gasteiger partial charge on any atom is -0.480 e. The molecule has 0 radical (unpaired) electrons. The molecule has 19 heavy (non-hydrogen) atoms. The third-order valence-corrected chi connectivity index (χ3v) is 4.06. The Kier molecular flexibility index (Phi) is 5.39. The minimum absolute atomic E-state index is 0.0557. The molecule has 0 aromatic carbocycles. The molecule has 0 heterocycles. The van der Waals surface area contributed by atoms with Gasteiger partial charge in [0.15, 0.2) is 0 Å². The van der Waals surface area contributed by atoms with Gasteiger partial charge in [-0.25, -0.2) is 4.79 Å². The van der Waals surface area contributed by atoms with E-state index in [2.05, 4.69) is 19.2 Å². The van der Waals surface area contributed by atoms with Crippen LogP contribution in [-0.2, 0) is 9.59 Å². The highest BCUT2D eigenvalue weighted by atomic mass is 16.4. The lowest BCUT2D eigenvalue weighted by Gasteiger charge is -2.31. The molecule has 1 aliphatic carbocycles. The Morgan fingerprint density at radius 2 is 1.68 bits per heavy atom. The van der Waals surface area contributed by atoms with Crippen molar-refractivity contribution >= 4 is 11.9 Å². The number of carboxylic acid groups (broad SMARTS) is 1. The van der Waals surface area contributed by atoms with Gasteiger partial charge in [0.2, 0.25) is 5.91 Å². The Balaban J connectivity index is 2.80. The van der Waals surface area contributed by atoms with Gasteiger partial charge in [0, 0.05) is 5.41 Å². The average molecular weight is 269 g/mol. The first-order chi connectivity index (χ1) is 8.78. The summed E-state index contributed by atoms with van der Waals surface area (Å²) in [7, 11) is 0. The molecule has 1 fully saturated rings. The maximum Gasteiger partial charge on any atom is 0.326 e. The smallest absolute Gasteiger partial charge is 0.326 e. The van der Waals surface area contributed by atoms with E-state index in [0.717, 1.165) is 32.1 Å². The number of amides is 1. The van der Waals surface area contributed by atoms with Crippen LogP contribution >= 0.6 is 0 Å². The lowest BCUT2D eigenvalue weighted by atomic mass is 9.77. The summed E-state index contributed by atoms with van der Waals surface area (Å²) in [5.74, 6) is -0.647. The predicted octanol–water partition coefficient (Wildman–Crippen LogP) is 2.82. The number of nitrogens with one attached hydrogen (secondary N) is 1. The van der Waals surface area contributed by atoms with Crippen LogP contribution in [0.15, 0.2) is 0 Å². The molecule has 0 aliphatic heterocycles. The Hall–Kier alpha value is -1.06. The van der Waals surface area contributed by atoms with Gasteiger partial charge in [-0.05, 0) is 31.1 Å². The zero-order valence-corrected chi connectivity index (χ0v) is 12.5. The van der Waals surface area contributed by atoms with Gasteiger partial charge < -0.3 is 10.4 Å². The number of carbonyl (C=O) groups excluding carboxylic acids is 1. The average Bonchev–Trinajstić information content (AvgIpc) is 2.73. The van der Waals surface area contributed by atoms with E-state index >= 15 is 0 Å². The molecule has 0 saturated heterocycles. The van der Waals surface area contributed by atoms with Crippen LogP contribution in [-0.4, -0.2) is 23.0 Å². The van der Waals surface area contributed by atoms with Gasteiger partial charge in [0.25, 0.3) is 0 Å². The Labute approximate surface area is 116 Å². The third kappa shape index (κ3) is 3.95. The summed E-state index contributed by atoms with van der Waals surface area (Å²) in [6.07, 6.45) is 4.77. The Morgan fingerprint density at radius 3 is 2.05 bits per heavy atom. The summed E-state index contributed by atoms with van der Waals surface area (Å²) >= 11 is 0. The van der Waals surface area contributed by atoms with Crippen molar-refractivity contribution in [2.24, 2.45) is 17.3 Å². The number of aliphatic carboxylic acids is 1. The molecule has 1 aliphatic rings. The fraction of sp³-hybridized carbons (Fsp3) is 0.867. The summed E-state index contributed by atoms with van der Waals surface area (Å²) in [5, 5.41) is 12.0. The van der Waals surface area contributed by atoms with E-state index in [9.17, 15) is 14.7 Å². The maximum atomic E-state index is 12.5. The first-order valence-electron chi connectivity index (χ1n) is 7.32. The number of carboxylic acids is 1. The van der Waals surface area contributed by atoms with E-state index < -0.39 is 12.0 Å². The van der Waals surface area contributed by atoms with Crippen LogP contribution in [0.4, 0.5) is 0 Å². The minimum atomic E-state index is -0.943. The van der Waals surface area contributed by atoms with E-state index in [4.69, 9.17) is 0 Å². The molecule has 1 saturated carbocycles.